The number of carbonyl (C=O) groups excluding carboxylic acids is 2. The molecule has 26 heavy (non-hydrogen) atoms. The highest BCUT2D eigenvalue weighted by atomic mass is 79.9. The smallest absolute Gasteiger partial charge is 0.318 e. The molecule has 7 nitrogen and oxygen atoms in total. The predicted molar refractivity (Wildman–Crippen MR) is 104 cm³/mol. The number of hydrogen-bond acceptors (Lipinski definition) is 4. The van der Waals surface area contributed by atoms with Crippen LogP contribution in [0.2, 0.25) is 5.02 Å². The molecule has 1 atom stereocenters. The van der Waals surface area contributed by atoms with Crippen LogP contribution in [0, 0.1) is 0 Å². The summed E-state index contributed by atoms with van der Waals surface area (Å²) in [6, 6.07) is 2.01. The van der Waals surface area contributed by atoms with Gasteiger partial charge in [0.05, 0.1) is 16.6 Å². The summed E-state index contributed by atoms with van der Waals surface area (Å²) in [5.74, 6) is -0.161. The second-order valence-electron chi connectivity index (χ2n) is 6.42. The van der Waals surface area contributed by atoms with Crippen molar-refractivity contribution in [2.24, 2.45) is 5.73 Å². The number of carbonyl (C=O) groups is 2. The van der Waals surface area contributed by atoms with Crippen molar-refractivity contribution in [1.29, 1.82) is 0 Å². The van der Waals surface area contributed by atoms with Gasteiger partial charge in [-0.05, 0) is 55.0 Å². The molecule has 0 spiro atoms. The minimum Gasteiger partial charge on any atom is -0.496 e. The van der Waals surface area contributed by atoms with Crippen LogP contribution in [0.3, 0.4) is 0 Å². The van der Waals surface area contributed by atoms with Gasteiger partial charge in [-0.3, -0.25) is 4.79 Å². The fraction of sp³-hybridized carbons (Fsp3) is 0.529. The number of nitrogens with one attached hydrogen (secondary N) is 1. The van der Waals surface area contributed by atoms with Gasteiger partial charge in [-0.2, -0.15) is 0 Å². The van der Waals surface area contributed by atoms with Crippen LogP contribution < -0.4 is 15.8 Å². The topological polar surface area (TPSA) is 87.9 Å². The summed E-state index contributed by atoms with van der Waals surface area (Å²) in [7, 11) is 5.30. The third-order valence-electron chi connectivity index (χ3n) is 4.72. The molecule has 1 aromatic carbocycles. The summed E-state index contributed by atoms with van der Waals surface area (Å²) in [6.45, 7) is 1.86. The van der Waals surface area contributed by atoms with Crippen LogP contribution in [0.5, 0.6) is 5.75 Å². The molecule has 144 valence electrons. The lowest BCUT2D eigenvalue weighted by atomic mass is 10.0. The molecule has 1 unspecified atom stereocenters. The molecule has 0 saturated carbocycles. The summed E-state index contributed by atoms with van der Waals surface area (Å²) >= 11 is 9.67. The number of hydrogen-bond donors (Lipinski definition) is 2. The van der Waals surface area contributed by atoms with E-state index < -0.39 is 11.9 Å². The van der Waals surface area contributed by atoms with Crippen molar-refractivity contribution >= 4 is 39.5 Å². The Balaban J connectivity index is 2.17. The van der Waals surface area contributed by atoms with E-state index in [-0.39, 0.29) is 17.1 Å². The van der Waals surface area contributed by atoms with Gasteiger partial charge in [0, 0.05) is 18.7 Å². The van der Waals surface area contributed by atoms with Crippen molar-refractivity contribution in [3.63, 3.8) is 0 Å². The third-order valence-corrected chi connectivity index (χ3v) is 6.14. The zero-order chi connectivity index (χ0) is 19.4. The van der Waals surface area contributed by atoms with E-state index in [4.69, 9.17) is 22.1 Å². The maximum absolute atomic E-state index is 12.6. The molecule has 1 aliphatic rings. The quantitative estimate of drug-likeness (QED) is 0.725. The van der Waals surface area contributed by atoms with Gasteiger partial charge in [-0.15, -0.1) is 0 Å². The molecule has 9 heteroatoms. The number of primary amides is 1. The zero-order valence-electron chi connectivity index (χ0n) is 15.1. The van der Waals surface area contributed by atoms with Crippen molar-refractivity contribution in [3.8, 4) is 5.75 Å². The number of amides is 3. The fourth-order valence-corrected chi connectivity index (χ4v) is 3.79. The molecule has 1 aromatic rings. The van der Waals surface area contributed by atoms with Gasteiger partial charge in [0.25, 0.3) is 0 Å². The predicted octanol–water partition coefficient (Wildman–Crippen LogP) is 2.37. The first kappa shape index (κ1) is 20.8. The second kappa shape index (κ2) is 8.92. The lowest BCUT2D eigenvalue weighted by Gasteiger charge is -2.35. The van der Waals surface area contributed by atoms with E-state index in [2.05, 4.69) is 33.2 Å². The number of nitrogens with zero attached hydrogens (tertiary/aromatic N) is 2. The van der Waals surface area contributed by atoms with Gasteiger partial charge < -0.3 is 25.6 Å². The van der Waals surface area contributed by atoms with Crippen molar-refractivity contribution in [2.75, 3.05) is 34.3 Å². The molecule has 1 fully saturated rings. The molecule has 1 aliphatic heterocycles. The Morgan fingerprint density at radius 2 is 2.04 bits per heavy atom. The summed E-state index contributed by atoms with van der Waals surface area (Å²) in [4.78, 5) is 28.5. The van der Waals surface area contributed by atoms with Crippen molar-refractivity contribution in [3.05, 3.63) is 27.2 Å². The number of piperidine rings is 1. The molecule has 3 amide bonds. The standard InChI is InChI=1S/C17H24BrClN4O3/c1-22-8-6-10(7-9-22)23(2)17(25)21-15(16(20)24)11-4-5-12(26-3)13(18)14(11)19/h4-5,10,15H,6-9H2,1-3H3,(H2,20,24)(H,21,25). The Bertz CT molecular complexity index is 680. The highest BCUT2D eigenvalue weighted by molar-refractivity contribution is 9.10. The Hall–Kier alpha value is -1.51. The minimum absolute atomic E-state index is 0.123. The van der Waals surface area contributed by atoms with E-state index in [1.165, 1.54) is 7.11 Å². The second-order valence-corrected chi connectivity index (χ2v) is 7.59. The van der Waals surface area contributed by atoms with E-state index in [9.17, 15) is 9.59 Å². The fourth-order valence-electron chi connectivity index (χ4n) is 3.00. The van der Waals surface area contributed by atoms with E-state index in [0.29, 0.717) is 15.8 Å². The van der Waals surface area contributed by atoms with Crippen LogP contribution in [0.25, 0.3) is 0 Å². The maximum Gasteiger partial charge on any atom is 0.318 e. The number of benzene rings is 1. The SMILES string of the molecule is COc1ccc(C(NC(=O)N(C)C2CCN(C)CC2)C(N)=O)c(Cl)c1Br. The van der Waals surface area contributed by atoms with E-state index in [0.717, 1.165) is 25.9 Å². The Morgan fingerprint density at radius 1 is 1.42 bits per heavy atom. The summed E-state index contributed by atoms with van der Waals surface area (Å²) < 4.78 is 5.68. The monoisotopic (exact) mass is 446 g/mol. The Morgan fingerprint density at radius 3 is 2.58 bits per heavy atom. The van der Waals surface area contributed by atoms with Crippen LogP contribution in [-0.4, -0.2) is 62.1 Å². The summed E-state index contributed by atoms with van der Waals surface area (Å²) in [6.07, 6.45) is 1.77. The molecular formula is C17H24BrClN4O3. The van der Waals surface area contributed by atoms with Gasteiger partial charge in [0.2, 0.25) is 5.91 Å². The average Bonchev–Trinajstić information content (AvgIpc) is 2.62. The lowest BCUT2D eigenvalue weighted by molar-refractivity contribution is -0.120. The van der Waals surface area contributed by atoms with Crippen molar-refractivity contribution in [1.82, 2.24) is 15.1 Å². The van der Waals surface area contributed by atoms with Gasteiger partial charge in [0.1, 0.15) is 11.8 Å². The Kier molecular flexibility index (Phi) is 7.14. The number of nitrogens with two attached hydrogens (primary N) is 1. The Labute approximate surface area is 166 Å². The molecule has 0 bridgehead atoms. The molecular weight excluding hydrogens is 424 g/mol. The lowest BCUT2D eigenvalue weighted by Crippen LogP contribution is -2.50. The largest absolute Gasteiger partial charge is 0.496 e. The van der Waals surface area contributed by atoms with Gasteiger partial charge in [-0.1, -0.05) is 17.7 Å². The van der Waals surface area contributed by atoms with E-state index in [1.807, 2.05) is 0 Å². The van der Waals surface area contributed by atoms with Crippen LogP contribution in [0.1, 0.15) is 24.4 Å². The molecule has 0 aliphatic carbocycles. The normalized spacial score (nSPS) is 16.8. The molecule has 1 saturated heterocycles. The minimum atomic E-state index is -1.04. The van der Waals surface area contributed by atoms with Crippen LogP contribution in [0.15, 0.2) is 16.6 Å². The molecule has 0 aromatic heterocycles. The number of ether oxygens (including phenoxy) is 1. The van der Waals surface area contributed by atoms with Gasteiger partial charge in [0.15, 0.2) is 0 Å². The van der Waals surface area contributed by atoms with Crippen molar-refractivity contribution < 1.29 is 14.3 Å². The van der Waals surface area contributed by atoms with Crippen molar-refractivity contribution in [2.45, 2.75) is 24.9 Å². The van der Waals surface area contributed by atoms with E-state index in [1.54, 1.807) is 24.1 Å². The molecule has 2 rings (SSSR count). The number of rotatable bonds is 5. The van der Waals surface area contributed by atoms with Gasteiger partial charge in [-0.25, -0.2) is 4.79 Å². The van der Waals surface area contributed by atoms with E-state index >= 15 is 0 Å². The number of halogens is 2. The average molecular weight is 448 g/mol. The number of methoxy groups -OCH3 is 1. The molecule has 1 heterocycles. The third kappa shape index (κ3) is 4.61. The summed E-state index contributed by atoms with van der Waals surface area (Å²) in [5, 5.41) is 2.97. The first-order valence-corrected chi connectivity index (χ1v) is 9.46. The highest BCUT2D eigenvalue weighted by Gasteiger charge is 2.29. The first-order valence-electron chi connectivity index (χ1n) is 8.29. The first-order chi connectivity index (χ1) is 12.3. The van der Waals surface area contributed by atoms with Gasteiger partial charge >= 0.3 is 6.03 Å². The van der Waals surface area contributed by atoms with Crippen LogP contribution in [-0.2, 0) is 4.79 Å². The highest BCUT2D eigenvalue weighted by Crippen LogP contribution is 2.37. The summed E-state index contributed by atoms with van der Waals surface area (Å²) in [5.41, 5.74) is 5.93. The number of urea groups is 1. The van der Waals surface area contributed by atoms with Crippen LogP contribution in [0.4, 0.5) is 4.79 Å². The molecule has 3 N–H and O–H groups in total. The van der Waals surface area contributed by atoms with Crippen LogP contribution >= 0.6 is 27.5 Å². The number of likely N-dealkylation sites (tertiary alicyclic amines) is 1. The maximum atomic E-state index is 12.6. The zero-order valence-corrected chi connectivity index (χ0v) is 17.4. The molecule has 0 radical (unpaired) electrons.